The summed E-state index contributed by atoms with van der Waals surface area (Å²) in [4.78, 5) is 0. The van der Waals surface area contributed by atoms with Crippen LogP contribution < -0.4 is 24.8 Å². The summed E-state index contributed by atoms with van der Waals surface area (Å²) in [6.45, 7) is 13.7. The van der Waals surface area contributed by atoms with Gasteiger partial charge in [0, 0.05) is 0 Å². The molecule has 0 atom stereocenters. The zero-order valence-corrected chi connectivity index (χ0v) is 23.5. The second kappa shape index (κ2) is 13.4. The van der Waals surface area contributed by atoms with Crippen molar-refractivity contribution in [3.05, 3.63) is 19.9 Å². The first-order valence-corrected chi connectivity index (χ1v) is 19.4. The zero-order chi connectivity index (χ0) is 12.3. The first kappa shape index (κ1) is 26.8. The van der Waals surface area contributed by atoms with Gasteiger partial charge >= 0.3 is 150 Å². The van der Waals surface area contributed by atoms with Crippen LogP contribution in [0.5, 0.6) is 0 Å². The largest absolute Gasteiger partial charge is 2.00 e. The van der Waals surface area contributed by atoms with E-state index < -0.39 is 0 Å². The molecule has 0 fully saturated rings. The van der Waals surface area contributed by atoms with Crippen LogP contribution in [0.3, 0.4) is 0 Å². The molecule has 0 unspecified atom stereocenters. The first-order chi connectivity index (χ1) is 7.43. The standard InChI is InChI=1S/2C6H9As2.2ClH.Zr/c2*1-4-5(2)7-8-6(4)3;;;/h2*1-3H3;2*1H;/q;;;;+2/p-2. The minimum atomic E-state index is 0. The van der Waals surface area contributed by atoms with Crippen molar-refractivity contribution in [2.24, 2.45) is 0 Å². The van der Waals surface area contributed by atoms with E-state index in [2.05, 4.69) is 41.5 Å². The van der Waals surface area contributed by atoms with Crippen molar-refractivity contribution < 1.29 is 51.0 Å². The van der Waals surface area contributed by atoms with E-state index in [1.165, 1.54) is 0 Å². The predicted molar refractivity (Wildman–Crippen MR) is 81.1 cm³/mol. The van der Waals surface area contributed by atoms with Gasteiger partial charge in [-0.3, -0.25) is 0 Å². The smallest absolute Gasteiger partial charge is 1.00 e. The molecule has 2 radical (unpaired) electrons. The molecule has 0 N–H and O–H groups in total. The Balaban J connectivity index is -0.000000233. The third-order valence-electron chi connectivity index (χ3n) is 2.87. The zero-order valence-electron chi connectivity index (χ0n) is 12.0. The quantitative estimate of drug-likeness (QED) is 0.240. The maximum absolute atomic E-state index is 2.29. The van der Waals surface area contributed by atoms with Crippen LogP contribution in [0.4, 0.5) is 0 Å². The van der Waals surface area contributed by atoms with E-state index in [0.717, 1.165) is 0 Å². The second-order valence-corrected chi connectivity index (χ2v) is 20.0. The SMILES string of the molecule is CC1=[As][As]C(C)=C1C.CC1=[As][As]C(C)=C1C.[Cl-].[Cl-].[Zr+2]. The molecule has 0 nitrogen and oxygen atoms in total. The Morgan fingerprint density at radius 2 is 0.842 bits per heavy atom. The van der Waals surface area contributed by atoms with Crippen molar-refractivity contribution in [3.8, 4) is 0 Å². The molecule has 0 saturated heterocycles. The Morgan fingerprint density at radius 3 is 0.895 bits per heavy atom. The van der Waals surface area contributed by atoms with Crippen molar-refractivity contribution >= 4 is 62.5 Å². The van der Waals surface area contributed by atoms with Gasteiger partial charge in [0.25, 0.3) is 0 Å². The number of hydrogen-bond acceptors (Lipinski definition) is 0. The molecule has 0 aromatic carbocycles. The average molecular weight is 624 g/mol. The van der Waals surface area contributed by atoms with Crippen LogP contribution in [-0.4, -0.2) is 62.5 Å². The Morgan fingerprint density at radius 1 is 0.579 bits per heavy atom. The van der Waals surface area contributed by atoms with E-state index in [9.17, 15) is 0 Å². The predicted octanol–water partition coefficient (Wildman–Crippen LogP) is -4.38. The molecular formula is C12H18As4Cl2Zr. The van der Waals surface area contributed by atoms with Gasteiger partial charge in [-0.05, 0) is 0 Å². The Labute approximate surface area is 172 Å². The molecule has 0 aromatic heterocycles. The summed E-state index contributed by atoms with van der Waals surface area (Å²) >= 11 is 2.65. The molecule has 19 heavy (non-hydrogen) atoms. The molecule has 2 aliphatic rings. The van der Waals surface area contributed by atoms with Gasteiger partial charge in [-0.25, -0.2) is 0 Å². The van der Waals surface area contributed by atoms with E-state index in [1.807, 2.05) is 0 Å². The fraction of sp³-hybridized carbons (Fsp3) is 0.500. The van der Waals surface area contributed by atoms with Crippen LogP contribution in [0.15, 0.2) is 19.9 Å². The molecule has 0 aliphatic carbocycles. The maximum Gasteiger partial charge on any atom is 2.00 e. The summed E-state index contributed by atoms with van der Waals surface area (Å²) in [7, 11) is 0. The van der Waals surface area contributed by atoms with Crippen molar-refractivity contribution in [2.45, 2.75) is 41.5 Å². The molecule has 104 valence electrons. The average Bonchev–Trinajstić information content (AvgIpc) is 2.70. The van der Waals surface area contributed by atoms with Crippen molar-refractivity contribution in [1.82, 2.24) is 0 Å². The van der Waals surface area contributed by atoms with Crippen LogP contribution in [0.2, 0.25) is 0 Å². The molecule has 2 rings (SSSR count). The molecule has 2 aliphatic heterocycles. The van der Waals surface area contributed by atoms with Crippen molar-refractivity contribution in [3.63, 3.8) is 0 Å². The van der Waals surface area contributed by atoms with Crippen molar-refractivity contribution in [1.29, 1.82) is 0 Å². The van der Waals surface area contributed by atoms with Gasteiger partial charge in [-0.2, -0.15) is 0 Å². The monoisotopic (exact) mass is 622 g/mol. The minimum absolute atomic E-state index is 0. The fourth-order valence-corrected chi connectivity index (χ4v) is 19.0. The van der Waals surface area contributed by atoms with Crippen LogP contribution in [-0.2, 0) is 26.2 Å². The van der Waals surface area contributed by atoms with Gasteiger partial charge in [0.1, 0.15) is 0 Å². The van der Waals surface area contributed by atoms with Crippen LogP contribution in [0.25, 0.3) is 0 Å². The van der Waals surface area contributed by atoms with E-state index >= 15 is 0 Å². The van der Waals surface area contributed by atoms with Crippen molar-refractivity contribution in [2.75, 3.05) is 0 Å². The number of hydrogen-bond donors (Lipinski definition) is 0. The second-order valence-electron chi connectivity index (χ2n) is 3.99. The number of rotatable bonds is 0. The van der Waals surface area contributed by atoms with E-state index in [-0.39, 0.29) is 51.0 Å². The summed E-state index contributed by atoms with van der Waals surface area (Å²) in [5, 5.41) is 0. The summed E-state index contributed by atoms with van der Waals surface area (Å²) in [5.41, 5.74) is 3.26. The molecule has 0 bridgehead atoms. The third-order valence-corrected chi connectivity index (χ3v) is 23.9. The molecule has 0 spiro atoms. The molecule has 7 heteroatoms. The molecule has 2 heterocycles. The first-order valence-electron chi connectivity index (χ1n) is 5.29. The van der Waals surface area contributed by atoms with Crippen LogP contribution in [0, 0.1) is 0 Å². The molecule has 0 saturated carbocycles. The molecule has 0 amide bonds. The summed E-state index contributed by atoms with van der Waals surface area (Å²) in [6.07, 6.45) is 0. The summed E-state index contributed by atoms with van der Waals surface area (Å²) in [5.74, 6) is 0. The van der Waals surface area contributed by atoms with E-state index in [0.29, 0.717) is 53.9 Å². The van der Waals surface area contributed by atoms with Gasteiger partial charge in [0.15, 0.2) is 0 Å². The summed E-state index contributed by atoms with van der Waals surface area (Å²) in [6, 6.07) is 0. The van der Waals surface area contributed by atoms with Gasteiger partial charge < -0.3 is 24.8 Å². The van der Waals surface area contributed by atoms with E-state index in [4.69, 9.17) is 0 Å². The minimum Gasteiger partial charge on any atom is -1.00 e. The van der Waals surface area contributed by atoms with Gasteiger partial charge in [0.05, 0.1) is 0 Å². The fourth-order valence-electron chi connectivity index (χ4n) is 1.12. The topological polar surface area (TPSA) is 0 Å². The van der Waals surface area contributed by atoms with Gasteiger partial charge in [-0.15, -0.1) is 0 Å². The van der Waals surface area contributed by atoms with Crippen LogP contribution >= 0.6 is 0 Å². The molecular weight excluding hydrogens is 606 g/mol. The molecule has 0 aromatic rings. The van der Waals surface area contributed by atoms with Gasteiger partial charge in [-0.1, -0.05) is 0 Å². The Hall–Kier alpha value is 2.92. The Bertz CT molecular complexity index is 374. The van der Waals surface area contributed by atoms with Gasteiger partial charge in [0.2, 0.25) is 0 Å². The Kier molecular flexibility index (Phi) is 18.8. The third kappa shape index (κ3) is 8.95. The number of halogens is 2. The maximum atomic E-state index is 2.29. The normalized spacial score (nSPS) is 20.7. The summed E-state index contributed by atoms with van der Waals surface area (Å²) < 4.78 is 6.88. The number of allylic oxidation sites excluding steroid dienone is 4. The van der Waals surface area contributed by atoms with E-state index in [1.54, 1.807) is 28.5 Å². The van der Waals surface area contributed by atoms with Crippen LogP contribution in [0.1, 0.15) is 41.5 Å².